The Hall–Kier alpha value is -0.980. The van der Waals surface area contributed by atoms with Crippen LogP contribution in [0.1, 0.15) is 12.5 Å². The van der Waals surface area contributed by atoms with Gasteiger partial charge in [0.05, 0.1) is 12.3 Å². The number of hydrogen-bond acceptors (Lipinski definition) is 3. The van der Waals surface area contributed by atoms with Crippen LogP contribution in [0.2, 0.25) is 0 Å². The monoisotopic (exact) mass is 329 g/mol. The van der Waals surface area contributed by atoms with E-state index in [1.165, 1.54) is 0 Å². The summed E-state index contributed by atoms with van der Waals surface area (Å²) in [5.74, 6) is 0. The fourth-order valence-corrected chi connectivity index (χ4v) is 1.61. The Balaban J connectivity index is 2.46. The average molecular weight is 330 g/mol. The van der Waals surface area contributed by atoms with Gasteiger partial charge < -0.3 is 10.1 Å². The van der Waals surface area contributed by atoms with Crippen LogP contribution in [0.3, 0.4) is 0 Å². The van der Waals surface area contributed by atoms with Crippen LogP contribution in [-0.2, 0) is 4.74 Å². The molecule has 0 aliphatic carbocycles. The zero-order valence-electron chi connectivity index (χ0n) is 10.4. The highest BCUT2D eigenvalue weighted by atomic mass is 79.9. The molecule has 0 spiro atoms. The molecule has 4 nitrogen and oxygen atoms in total. The molecule has 0 saturated heterocycles. The molecule has 0 unspecified atom stereocenters. The number of hydrazone groups is 1. The first-order valence-corrected chi connectivity index (χ1v) is 6.66. The lowest BCUT2D eigenvalue weighted by Gasteiger charge is -2.07. The van der Waals surface area contributed by atoms with Crippen molar-refractivity contribution in [1.82, 2.24) is 10.7 Å². The SMILES string of the molecule is COCCNC(=S)NN=C(C)c1ccc(Br)cc1. The number of rotatable bonds is 5. The maximum atomic E-state index is 5.06. The van der Waals surface area contributed by atoms with Gasteiger partial charge in [-0.25, -0.2) is 0 Å². The Morgan fingerprint density at radius 2 is 2.06 bits per heavy atom. The quantitative estimate of drug-likeness (QED) is 0.376. The first-order valence-electron chi connectivity index (χ1n) is 5.46. The second-order valence-electron chi connectivity index (χ2n) is 3.56. The van der Waals surface area contributed by atoms with Gasteiger partial charge in [-0.05, 0) is 36.8 Å². The first-order chi connectivity index (χ1) is 8.63. The largest absolute Gasteiger partial charge is 0.383 e. The molecule has 6 heteroatoms. The molecule has 0 amide bonds. The van der Waals surface area contributed by atoms with Crippen molar-refractivity contribution in [2.24, 2.45) is 5.10 Å². The molecule has 0 aliphatic rings. The second kappa shape index (κ2) is 8.18. The minimum Gasteiger partial charge on any atom is -0.383 e. The standard InChI is InChI=1S/C12H16BrN3OS/c1-9(10-3-5-11(13)6-4-10)15-16-12(18)14-7-8-17-2/h3-6H,7-8H2,1-2H3,(H2,14,16,18). The molecule has 18 heavy (non-hydrogen) atoms. The number of hydrogen-bond donors (Lipinski definition) is 2. The van der Waals surface area contributed by atoms with Gasteiger partial charge in [-0.15, -0.1) is 0 Å². The Morgan fingerprint density at radius 3 is 2.67 bits per heavy atom. The Bertz CT molecular complexity index is 420. The molecule has 0 atom stereocenters. The Morgan fingerprint density at radius 1 is 1.39 bits per heavy atom. The van der Waals surface area contributed by atoms with E-state index in [4.69, 9.17) is 17.0 Å². The number of thiocarbonyl (C=S) groups is 1. The minimum atomic E-state index is 0.489. The summed E-state index contributed by atoms with van der Waals surface area (Å²) in [6.45, 7) is 3.19. The van der Waals surface area contributed by atoms with Crippen molar-refractivity contribution in [3.05, 3.63) is 34.3 Å². The van der Waals surface area contributed by atoms with Gasteiger partial charge in [-0.1, -0.05) is 28.1 Å². The summed E-state index contributed by atoms with van der Waals surface area (Å²) in [4.78, 5) is 0. The molecule has 1 aromatic carbocycles. The van der Waals surface area contributed by atoms with Gasteiger partial charge in [0, 0.05) is 18.1 Å². The molecule has 0 fully saturated rings. The van der Waals surface area contributed by atoms with Crippen LogP contribution in [0.25, 0.3) is 0 Å². The summed E-state index contributed by atoms with van der Waals surface area (Å²) in [5.41, 5.74) is 4.72. The highest BCUT2D eigenvalue weighted by Crippen LogP contribution is 2.10. The minimum absolute atomic E-state index is 0.489. The topological polar surface area (TPSA) is 45.6 Å². The zero-order valence-corrected chi connectivity index (χ0v) is 12.8. The predicted molar refractivity (Wildman–Crippen MR) is 82.0 cm³/mol. The molecule has 98 valence electrons. The Labute approximate surface area is 121 Å². The number of nitrogens with zero attached hydrogens (tertiary/aromatic N) is 1. The third kappa shape index (κ3) is 5.57. The molecule has 1 aromatic rings. The summed E-state index contributed by atoms with van der Waals surface area (Å²) >= 11 is 8.46. The molecule has 0 bridgehead atoms. The third-order valence-electron chi connectivity index (χ3n) is 2.18. The fourth-order valence-electron chi connectivity index (χ4n) is 1.20. The smallest absolute Gasteiger partial charge is 0.187 e. The molecule has 2 N–H and O–H groups in total. The van der Waals surface area contributed by atoms with E-state index in [2.05, 4.69) is 31.8 Å². The van der Waals surface area contributed by atoms with Crippen LogP contribution in [0.15, 0.2) is 33.8 Å². The van der Waals surface area contributed by atoms with Gasteiger partial charge in [0.1, 0.15) is 0 Å². The van der Waals surface area contributed by atoms with Crippen molar-refractivity contribution in [3.63, 3.8) is 0 Å². The number of ether oxygens (including phenoxy) is 1. The van der Waals surface area contributed by atoms with E-state index < -0.39 is 0 Å². The number of nitrogens with one attached hydrogen (secondary N) is 2. The van der Waals surface area contributed by atoms with Crippen molar-refractivity contribution < 1.29 is 4.74 Å². The van der Waals surface area contributed by atoms with Gasteiger partial charge in [0.2, 0.25) is 0 Å². The molecular weight excluding hydrogens is 314 g/mol. The van der Waals surface area contributed by atoms with E-state index in [0.29, 0.717) is 18.3 Å². The Kier molecular flexibility index (Phi) is 6.85. The van der Waals surface area contributed by atoms with Crippen LogP contribution in [0.5, 0.6) is 0 Å². The van der Waals surface area contributed by atoms with Crippen LogP contribution in [0.4, 0.5) is 0 Å². The van der Waals surface area contributed by atoms with E-state index in [9.17, 15) is 0 Å². The van der Waals surface area contributed by atoms with E-state index in [1.807, 2.05) is 31.2 Å². The number of benzene rings is 1. The van der Waals surface area contributed by atoms with Crippen LogP contribution < -0.4 is 10.7 Å². The molecule has 1 rings (SSSR count). The molecule has 0 saturated carbocycles. The van der Waals surface area contributed by atoms with Crippen LogP contribution in [0, 0.1) is 0 Å². The van der Waals surface area contributed by atoms with Crippen molar-refractivity contribution >= 4 is 39.0 Å². The first kappa shape index (κ1) is 15.1. The highest BCUT2D eigenvalue weighted by Gasteiger charge is 1.98. The molecule has 0 aliphatic heterocycles. The zero-order chi connectivity index (χ0) is 13.4. The lowest BCUT2D eigenvalue weighted by atomic mass is 10.1. The van der Waals surface area contributed by atoms with Gasteiger partial charge in [0.25, 0.3) is 0 Å². The average Bonchev–Trinajstić information content (AvgIpc) is 2.37. The summed E-state index contributed by atoms with van der Waals surface area (Å²) in [5, 5.41) is 7.68. The van der Waals surface area contributed by atoms with Gasteiger partial charge >= 0.3 is 0 Å². The van der Waals surface area contributed by atoms with Crippen LogP contribution >= 0.6 is 28.1 Å². The summed E-state index contributed by atoms with van der Waals surface area (Å²) in [7, 11) is 1.65. The van der Waals surface area contributed by atoms with Gasteiger partial charge in [-0.3, -0.25) is 5.43 Å². The summed E-state index contributed by atoms with van der Waals surface area (Å²) in [6.07, 6.45) is 0. The molecular formula is C12H16BrN3OS. The summed E-state index contributed by atoms with van der Waals surface area (Å²) in [6, 6.07) is 7.94. The van der Waals surface area contributed by atoms with Crippen molar-refractivity contribution in [1.29, 1.82) is 0 Å². The van der Waals surface area contributed by atoms with Crippen molar-refractivity contribution in [2.75, 3.05) is 20.3 Å². The highest BCUT2D eigenvalue weighted by molar-refractivity contribution is 9.10. The van der Waals surface area contributed by atoms with Crippen LogP contribution in [-0.4, -0.2) is 31.1 Å². The lowest BCUT2D eigenvalue weighted by Crippen LogP contribution is -2.34. The number of methoxy groups -OCH3 is 1. The second-order valence-corrected chi connectivity index (χ2v) is 4.89. The normalized spacial score (nSPS) is 11.2. The van der Waals surface area contributed by atoms with E-state index in [-0.39, 0.29) is 0 Å². The fraction of sp³-hybridized carbons (Fsp3) is 0.333. The molecule has 0 aromatic heterocycles. The van der Waals surface area contributed by atoms with Crippen molar-refractivity contribution in [3.8, 4) is 0 Å². The third-order valence-corrected chi connectivity index (χ3v) is 2.94. The molecule has 0 heterocycles. The van der Waals surface area contributed by atoms with Crippen molar-refractivity contribution in [2.45, 2.75) is 6.92 Å². The predicted octanol–water partition coefficient (Wildman–Crippen LogP) is 2.28. The summed E-state index contributed by atoms with van der Waals surface area (Å²) < 4.78 is 5.95. The maximum absolute atomic E-state index is 5.06. The number of halogens is 1. The van der Waals surface area contributed by atoms with Gasteiger partial charge in [-0.2, -0.15) is 5.10 Å². The van der Waals surface area contributed by atoms with E-state index in [1.54, 1.807) is 7.11 Å². The molecule has 0 radical (unpaired) electrons. The van der Waals surface area contributed by atoms with E-state index in [0.717, 1.165) is 15.7 Å². The maximum Gasteiger partial charge on any atom is 0.187 e. The van der Waals surface area contributed by atoms with E-state index >= 15 is 0 Å². The van der Waals surface area contributed by atoms with Gasteiger partial charge in [0.15, 0.2) is 5.11 Å². The lowest BCUT2D eigenvalue weighted by molar-refractivity contribution is 0.204.